The number of benzene rings is 2. The van der Waals surface area contributed by atoms with Crippen LogP contribution in [-0.4, -0.2) is 36.7 Å². The van der Waals surface area contributed by atoms with Crippen LogP contribution >= 0.6 is 11.6 Å². The van der Waals surface area contributed by atoms with E-state index in [0.717, 1.165) is 5.56 Å². The van der Waals surface area contributed by atoms with Crippen molar-refractivity contribution < 1.29 is 19.1 Å². The first kappa shape index (κ1) is 20.7. The van der Waals surface area contributed by atoms with Gasteiger partial charge in [-0.05, 0) is 43.7 Å². The minimum Gasteiger partial charge on any atom is -0.490 e. The van der Waals surface area contributed by atoms with Crippen molar-refractivity contribution in [2.75, 3.05) is 19.8 Å². The summed E-state index contributed by atoms with van der Waals surface area (Å²) in [4.78, 5) is 26.9. The second-order valence-corrected chi connectivity index (χ2v) is 6.91. The van der Waals surface area contributed by atoms with Crippen molar-refractivity contribution in [3.8, 4) is 5.75 Å². The van der Waals surface area contributed by atoms with Gasteiger partial charge in [-0.1, -0.05) is 41.9 Å². The molecule has 2 aromatic carbocycles. The van der Waals surface area contributed by atoms with Gasteiger partial charge in [-0.25, -0.2) is 9.59 Å². The molecule has 3 rings (SSSR count). The summed E-state index contributed by atoms with van der Waals surface area (Å²) in [7, 11) is 0. The molecule has 0 saturated heterocycles. The summed E-state index contributed by atoms with van der Waals surface area (Å²) in [6.07, 6.45) is 0. The van der Waals surface area contributed by atoms with Crippen molar-refractivity contribution >= 4 is 23.6 Å². The number of nitrogens with one attached hydrogen (secondary N) is 1. The predicted molar refractivity (Wildman–Crippen MR) is 111 cm³/mol. The van der Waals surface area contributed by atoms with E-state index in [1.54, 1.807) is 31.2 Å². The van der Waals surface area contributed by atoms with Gasteiger partial charge in [0.25, 0.3) is 0 Å². The molecule has 1 N–H and O–H groups in total. The number of esters is 1. The molecule has 2 amide bonds. The molecule has 152 valence electrons. The van der Waals surface area contributed by atoms with Gasteiger partial charge >= 0.3 is 12.0 Å². The number of ether oxygens (including phenoxy) is 2. The molecule has 0 aliphatic carbocycles. The van der Waals surface area contributed by atoms with E-state index in [9.17, 15) is 9.59 Å². The number of nitrogens with zero attached hydrogens (tertiary/aromatic N) is 1. The van der Waals surface area contributed by atoms with Crippen LogP contribution in [0.25, 0.3) is 0 Å². The molecule has 1 heterocycles. The fourth-order valence-electron chi connectivity index (χ4n) is 3.22. The Hall–Kier alpha value is -2.99. The molecule has 1 atom stereocenters. The number of rotatable bonds is 7. The van der Waals surface area contributed by atoms with Crippen molar-refractivity contribution in [3.05, 3.63) is 76.5 Å². The normalized spacial score (nSPS) is 16.4. The van der Waals surface area contributed by atoms with Gasteiger partial charge in [0, 0.05) is 17.3 Å². The number of amides is 2. The zero-order valence-corrected chi connectivity index (χ0v) is 17.1. The lowest BCUT2D eigenvalue weighted by atomic mass is 9.95. The van der Waals surface area contributed by atoms with Gasteiger partial charge < -0.3 is 14.8 Å². The quantitative estimate of drug-likeness (QED) is 0.541. The summed E-state index contributed by atoms with van der Waals surface area (Å²) in [6.45, 7) is 4.37. The van der Waals surface area contributed by atoms with Crippen molar-refractivity contribution in [2.45, 2.75) is 19.9 Å². The smallest absolute Gasteiger partial charge is 0.338 e. The molecule has 0 spiro atoms. The Morgan fingerprint density at radius 1 is 1.10 bits per heavy atom. The van der Waals surface area contributed by atoms with Crippen LogP contribution in [0, 0.1) is 0 Å². The summed E-state index contributed by atoms with van der Waals surface area (Å²) < 4.78 is 11.0. The first-order valence-electron chi connectivity index (χ1n) is 9.40. The average molecular weight is 415 g/mol. The maximum atomic E-state index is 12.9. The topological polar surface area (TPSA) is 67.9 Å². The van der Waals surface area contributed by atoms with Gasteiger partial charge in [0.2, 0.25) is 0 Å². The number of carbonyl (C=O) groups excluding carboxylic acids is 2. The van der Waals surface area contributed by atoms with Gasteiger partial charge in [-0.15, -0.1) is 0 Å². The standard InChI is InChI=1S/C22H23ClN2O4/c1-3-25-15(2)19(20(24-22(25)27)16-9-11-17(23)12-10-16)21(26)29-14-13-28-18-7-5-4-6-8-18/h4-12,20H,3,13-14H2,1-2H3,(H,24,27)/t20-/m1/s1. The molecule has 0 radical (unpaired) electrons. The van der Waals surface area contributed by atoms with Crippen molar-refractivity contribution in [2.24, 2.45) is 0 Å². The number of halogens is 1. The lowest BCUT2D eigenvalue weighted by molar-refractivity contribution is -0.140. The van der Waals surface area contributed by atoms with E-state index in [1.807, 2.05) is 37.3 Å². The van der Waals surface area contributed by atoms with E-state index in [1.165, 1.54) is 4.90 Å². The minimum atomic E-state index is -0.606. The van der Waals surface area contributed by atoms with Gasteiger partial charge in [0.05, 0.1) is 11.6 Å². The number of carbonyl (C=O) groups is 2. The number of urea groups is 1. The molecule has 0 fully saturated rings. The van der Waals surface area contributed by atoms with Crippen LogP contribution in [0.3, 0.4) is 0 Å². The molecule has 6 nitrogen and oxygen atoms in total. The Kier molecular flexibility index (Phi) is 6.77. The van der Waals surface area contributed by atoms with Gasteiger partial charge in [0.1, 0.15) is 19.0 Å². The third-order valence-electron chi connectivity index (χ3n) is 4.66. The van der Waals surface area contributed by atoms with Gasteiger partial charge in [0.15, 0.2) is 0 Å². The van der Waals surface area contributed by atoms with Gasteiger partial charge in [-0.3, -0.25) is 4.90 Å². The molecule has 0 saturated carbocycles. The first-order valence-corrected chi connectivity index (χ1v) is 9.78. The van der Waals surface area contributed by atoms with Crippen LogP contribution in [0.15, 0.2) is 65.9 Å². The molecular weight excluding hydrogens is 392 g/mol. The SMILES string of the molecule is CCN1C(=O)N[C@H](c2ccc(Cl)cc2)C(C(=O)OCCOc2ccccc2)=C1C. The van der Waals surface area contributed by atoms with Crippen LogP contribution < -0.4 is 10.1 Å². The zero-order chi connectivity index (χ0) is 20.8. The second-order valence-electron chi connectivity index (χ2n) is 6.47. The number of para-hydroxylation sites is 1. The molecule has 0 aromatic heterocycles. The fraction of sp³-hybridized carbons (Fsp3) is 0.273. The fourth-order valence-corrected chi connectivity index (χ4v) is 3.35. The minimum absolute atomic E-state index is 0.0952. The Morgan fingerprint density at radius 2 is 1.79 bits per heavy atom. The summed E-state index contributed by atoms with van der Waals surface area (Å²) in [6, 6.07) is 15.5. The molecule has 1 aliphatic heterocycles. The van der Waals surface area contributed by atoms with E-state index in [-0.39, 0.29) is 19.2 Å². The van der Waals surface area contributed by atoms with Crippen LogP contribution in [0.5, 0.6) is 5.75 Å². The number of hydrogen-bond donors (Lipinski definition) is 1. The molecule has 0 unspecified atom stereocenters. The summed E-state index contributed by atoms with van der Waals surface area (Å²) in [5.41, 5.74) is 1.73. The van der Waals surface area contributed by atoms with Crippen LogP contribution in [0.1, 0.15) is 25.5 Å². The maximum absolute atomic E-state index is 12.9. The van der Waals surface area contributed by atoms with E-state index in [0.29, 0.717) is 28.6 Å². The van der Waals surface area contributed by atoms with E-state index in [2.05, 4.69) is 5.32 Å². The Balaban J connectivity index is 1.75. The molecule has 7 heteroatoms. The van der Waals surface area contributed by atoms with E-state index in [4.69, 9.17) is 21.1 Å². The molecule has 1 aliphatic rings. The highest BCUT2D eigenvalue weighted by Crippen LogP contribution is 2.31. The molecule has 29 heavy (non-hydrogen) atoms. The van der Waals surface area contributed by atoms with Gasteiger partial charge in [-0.2, -0.15) is 0 Å². The van der Waals surface area contributed by atoms with E-state index < -0.39 is 12.0 Å². The summed E-state index contributed by atoms with van der Waals surface area (Å²) >= 11 is 5.97. The number of allylic oxidation sites excluding steroid dienone is 1. The highest BCUT2D eigenvalue weighted by Gasteiger charge is 2.35. The third kappa shape index (κ3) is 4.90. The predicted octanol–water partition coefficient (Wildman–Crippen LogP) is 4.32. The second kappa shape index (κ2) is 9.47. The van der Waals surface area contributed by atoms with Crippen molar-refractivity contribution in [1.29, 1.82) is 0 Å². The van der Waals surface area contributed by atoms with Crippen LogP contribution in [-0.2, 0) is 9.53 Å². The van der Waals surface area contributed by atoms with Crippen LogP contribution in [0.4, 0.5) is 4.79 Å². The average Bonchev–Trinajstić information content (AvgIpc) is 2.72. The largest absolute Gasteiger partial charge is 0.490 e. The monoisotopic (exact) mass is 414 g/mol. The third-order valence-corrected chi connectivity index (χ3v) is 4.92. The number of hydrogen-bond acceptors (Lipinski definition) is 4. The Morgan fingerprint density at radius 3 is 2.45 bits per heavy atom. The summed E-state index contributed by atoms with van der Waals surface area (Å²) in [5.74, 6) is 0.220. The lowest BCUT2D eigenvalue weighted by Gasteiger charge is -2.34. The highest BCUT2D eigenvalue weighted by molar-refractivity contribution is 6.30. The first-order chi connectivity index (χ1) is 14.0. The van der Waals surface area contributed by atoms with Crippen LogP contribution in [0.2, 0.25) is 5.02 Å². The molecular formula is C22H23ClN2O4. The highest BCUT2D eigenvalue weighted by atomic mass is 35.5. The van der Waals surface area contributed by atoms with Crippen molar-refractivity contribution in [3.63, 3.8) is 0 Å². The van der Waals surface area contributed by atoms with E-state index >= 15 is 0 Å². The zero-order valence-electron chi connectivity index (χ0n) is 16.4. The molecule has 2 aromatic rings. The molecule has 0 bridgehead atoms. The Bertz CT molecular complexity index is 897. The maximum Gasteiger partial charge on any atom is 0.338 e. The summed E-state index contributed by atoms with van der Waals surface area (Å²) in [5, 5.41) is 3.46. The Labute approximate surface area is 175 Å². The lowest BCUT2D eigenvalue weighted by Crippen LogP contribution is -2.47. The van der Waals surface area contributed by atoms with Crippen molar-refractivity contribution in [1.82, 2.24) is 10.2 Å².